The molecule has 4 atom stereocenters. The first-order chi connectivity index (χ1) is 28.8. The summed E-state index contributed by atoms with van der Waals surface area (Å²) in [5, 5.41) is 5.55. The third kappa shape index (κ3) is 3.91. The number of hydrogen-bond donors (Lipinski definition) is 0. The average Bonchev–Trinajstić information content (AvgIpc) is 3.92. The molecule has 58 heavy (non-hydrogen) atoms. The molecule has 8 aliphatic rings. The van der Waals surface area contributed by atoms with Crippen LogP contribution in [0, 0.1) is 23.7 Å². The Morgan fingerprint density at radius 3 is 1.72 bits per heavy atom. The van der Waals surface area contributed by atoms with E-state index in [9.17, 15) is 0 Å². The van der Waals surface area contributed by atoms with Crippen LogP contribution in [0.15, 0.2) is 193 Å². The second kappa shape index (κ2) is 11.4. The molecule has 0 aliphatic heterocycles. The number of allylic oxidation sites excluding steroid dienone is 20. The SMILES string of the molecule is C1=CC2C(C3=CC=C4c5c(c(-c6ccccc6)c6c(cc7c8c(cccc86)C6=C7CCC=C6)c5-c5ccccc5)C5=CC=CC3C45)=CC=C3c4ccccc4C(=C1)C32. The van der Waals surface area contributed by atoms with E-state index < -0.39 is 0 Å². The van der Waals surface area contributed by atoms with Crippen LogP contribution in [0.5, 0.6) is 0 Å². The molecule has 0 heteroatoms. The van der Waals surface area contributed by atoms with Crippen LogP contribution in [0.2, 0.25) is 0 Å². The zero-order valence-electron chi connectivity index (χ0n) is 32.0. The lowest BCUT2D eigenvalue weighted by molar-refractivity contribution is 0.611. The molecule has 0 fully saturated rings. The summed E-state index contributed by atoms with van der Waals surface area (Å²) in [6.45, 7) is 0. The first-order valence-electron chi connectivity index (χ1n) is 21.2. The highest BCUT2D eigenvalue weighted by molar-refractivity contribution is 6.30. The first kappa shape index (κ1) is 31.3. The zero-order valence-corrected chi connectivity index (χ0v) is 32.0. The molecule has 4 unspecified atom stereocenters. The fourth-order valence-electron chi connectivity index (χ4n) is 12.5. The van der Waals surface area contributed by atoms with Gasteiger partial charge in [0, 0.05) is 23.7 Å². The Balaban J connectivity index is 1.07. The molecule has 0 saturated carbocycles. The summed E-state index contributed by atoms with van der Waals surface area (Å²) >= 11 is 0. The van der Waals surface area contributed by atoms with E-state index in [1.54, 1.807) is 0 Å². The molecule has 0 bridgehead atoms. The van der Waals surface area contributed by atoms with Crippen LogP contribution in [-0.4, -0.2) is 0 Å². The predicted octanol–water partition coefficient (Wildman–Crippen LogP) is 14.6. The molecule has 6 aromatic carbocycles. The van der Waals surface area contributed by atoms with Crippen molar-refractivity contribution >= 4 is 55.0 Å². The topological polar surface area (TPSA) is 0 Å². The van der Waals surface area contributed by atoms with Crippen molar-refractivity contribution in [1.82, 2.24) is 0 Å². The van der Waals surface area contributed by atoms with Crippen molar-refractivity contribution in [2.75, 3.05) is 0 Å². The van der Waals surface area contributed by atoms with Crippen LogP contribution in [0.3, 0.4) is 0 Å². The van der Waals surface area contributed by atoms with Gasteiger partial charge in [-0.25, -0.2) is 0 Å². The smallest absolute Gasteiger partial charge is 0.0206 e. The van der Waals surface area contributed by atoms with Crippen molar-refractivity contribution in [3.63, 3.8) is 0 Å². The van der Waals surface area contributed by atoms with Gasteiger partial charge in [-0.2, -0.15) is 0 Å². The Bertz CT molecular complexity index is 3250. The van der Waals surface area contributed by atoms with E-state index in [0.29, 0.717) is 11.8 Å². The van der Waals surface area contributed by atoms with E-state index in [2.05, 4.69) is 182 Å². The Morgan fingerprint density at radius 1 is 0.414 bits per heavy atom. The van der Waals surface area contributed by atoms with Gasteiger partial charge in [0.15, 0.2) is 0 Å². The highest BCUT2D eigenvalue weighted by Crippen LogP contribution is 2.64. The van der Waals surface area contributed by atoms with Gasteiger partial charge >= 0.3 is 0 Å². The van der Waals surface area contributed by atoms with Crippen LogP contribution >= 0.6 is 0 Å². The van der Waals surface area contributed by atoms with Crippen molar-refractivity contribution in [2.45, 2.75) is 12.8 Å². The largest absolute Gasteiger partial charge is 0.0836 e. The predicted molar refractivity (Wildman–Crippen MR) is 244 cm³/mol. The third-order valence-electron chi connectivity index (χ3n) is 14.7. The first-order valence-corrected chi connectivity index (χ1v) is 21.2. The minimum atomic E-state index is 0.239. The quantitative estimate of drug-likeness (QED) is 0.159. The summed E-state index contributed by atoms with van der Waals surface area (Å²) in [5.74, 6) is 1.18. The van der Waals surface area contributed by atoms with Gasteiger partial charge in [0.25, 0.3) is 0 Å². The van der Waals surface area contributed by atoms with E-state index in [0.717, 1.165) is 12.8 Å². The highest BCUT2D eigenvalue weighted by Gasteiger charge is 2.47. The van der Waals surface area contributed by atoms with E-state index in [-0.39, 0.29) is 11.8 Å². The van der Waals surface area contributed by atoms with Gasteiger partial charge in [-0.15, -0.1) is 0 Å². The maximum absolute atomic E-state index is 2.60. The summed E-state index contributed by atoms with van der Waals surface area (Å²) in [6, 6.07) is 41.3. The van der Waals surface area contributed by atoms with E-state index in [4.69, 9.17) is 0 Å². The minimum absolute atomic E-state index is 0.239. The zero-order chi connectivity index (χ0) is 37.6. The Labute approximate surface area is 339 Å². The molecule has 0 spiro atoms. The fourth-order valence-corrected chi connectivity index (χ4v) is 12.5. The van der Waals surface area contributed by atoms with Crippen LogP contribution < -0.4 is 0 Å². The maximum Gasteiger partial charge on any atom is 0.0206 e. The normalized spacial score (nSPS) is 23.4. The summed E-state index contributed by atoms with van der Waals surface area (Å²) in [7, 11) is 0. The monoisotopic (exact) mass is 734 g/mol. The fraction of sp³-hybridized carbons (Fsp3) is 0.103. The minimum Gasteiger partial charge on any atom is -0.0836 e. The summed E-state index contributed by atoms with van der Waals surface area (Å²) in [6.07, 6.45) is 31.4. The van der Waals surface area contributed by atoms with Crippen molar-refractivity contribution < 1.29 is 0 Å². The van der Waals surface area contributed by atoms with Crippen LogP contribution in [-0.2, 0) is 0 Å². The van der Waals surface area contributed by atoms with Crippen LogP contribution in [0.1, 0.15) is 46.2 Å². The molecule has 8 aliphatic carbocycles. The van der Waals surface area contributed by atoms with Gasteiger partial charge in [0.05, 0.1) is 0 Å². The second-order valence-electron chi connectivity index (χ2n) is 17.2. The summed E-state index contributed by atoms with van der Waals surface area (Å²) in [5.41, 5.74) is 25.6. The van der Waals surface area contributed by atoms with Crippen molar-refractivity contribution in [2.24, 2.45) is 23.7 Å². The van der Waals surface area contributed by atoms with Crippen LogP contribution in [0.4, 0.5) is 0 Å². The van der Waals surface area contributed by atoms with Gasteiger partial charge in [0.2, 0.25) is 0 Å². The maximum atomic E-state index is 2.60. The number of rotatable bonds is 3. The Hall–Kier alpha value is -6.76. The molecule has 270 valence electrons. The van der Waals surface area contributed by atoms with E-state index >= 15 is 0 Å². The van der Waals surface area contributed by atoms with Gasteiger partial charge in [0.1, 0.15) is 0 Å². The molecular formula is C58H38. The summed E-state index contributed by atoms with van der Waals surface area (Å²) < 4.78 is 0. The Kier molecular flexibility index (Phi) is 6.18. The lowest BCUT2D eigenvalue weighted by Crippen LogP contribution is -2.26. The molecule has 0 heterocycles. The second-order valence-corrected chi connectivity index (χ2v) is 17.2. The molecule has 0 nitrogen and oxygen atoms in total. The van der Waals surface area contributed by atoms with E-state index in [1.165, 1.54) is 122 Å². The standard InChI is InChI=1S/C58H38/c1-3-14-33(15-4-1)51-50-32-49-38-21-10-9-20-37(38)42-24-12-26-46(55(42)49)56(50)52(34-16-5-2-6-17-34)58-47-27-13-25-44-40(29-31-48(54(44)47)57(51)58)39-28-30-45-36-19-8-7-18-35(36)41-22-11-23-43(39)53(41)45/h1-9,11-20,22-32,43-44,53-54H,10,21H2. The molecule has 0 N–H and O–H groups in total. The number of fused-ring (bicyclic) bond motifs is 10. The van der Waals surface area contributed by atoms with E-state index in [1.807, 2.05) is 0 Å². The highest BCUT2D eigenvalue weighted by atomic mass is 14.5. The van der Waals surface area contributed by atoms with Gasteiger partial charge in [-0.1, -0.05) is 176 Å². The average molecular weight is 735 g/mol. The molecule has 0 amide bonds. The molecule has 14 rings (SSSR count). The molecule has 0 radical (unpaired) electrons. The van der Waals surface area contributed by atoms with Gasteiger partial charge in [-0.05, 0) is 141 Å². The Morgan fingerprint density at radius 2 is 0.983 bits per heavy atom. The lowest BCUT2D eigenvalue weighted by Gasteiger charge is -2.38. The lowest BCUT2D eigenvalue weighted by atomic mass is 9.65. The van der Waals surface area contributed by atoms with Crippen LogP contribution in [0.25, 0.3) is 77.2 Å². The van der Waals surface area contributed by atoms with Gasteiger partial charge < -0.3 is 0 Å². The molecule has 6 aromatic rings. The van der Waals surface area contributed by atoms with Gasteiger partial charge in [-0.3, -0.25) is 0 Å². The number of benzene rings is 6. The van der Waals surface area contributed by atoms with Crippen molar-refractivity contribution in [1.29, 1.82) is 0 Å². The van der Waals surface area contributed by atoms with Crippen molar-refractivity contribution in [3.05, 3.63) is 227 Å². The molecular weight excluding hydrogens is 697 g/mol. The molecule has 0 aromatic heterocycles. The molecule has 0 saturated heterocycles. The summed E-state index contributed by atoms with van der Waals surface area (Å²) in [4.78, 5) is 0. The number of hydrogen-bond acceptors (Lipinski definition) is 0. The van der Waals surface area contributed by atoms with Crippen molar-refractivity contribution in [3.8, 4) is 22.3 Å². The third-order valence-corrected chi connectivity index (χ3v) is 14.7.